The fourth-order valence-electron chi connectivity index (χ4n) is 3.25. The number of fused-ring (bicyclic) bond motifs is 1. The molecule has 1 aliphatic heterocycles. The second-order valence-electron chi connectivity index (χ2n) is 6.45. The van der Waals surface area contributed by atoms with E-state index in [4.69, 9.17) is 5.73 Å². The van der Waals surface area contributed by atoms with Crippen molar-refractivity contribution in [2.24, 2.45) is 11.7 Å². The number of amides is 1. The first-order chi connectivity index (χ1) is 11.0. The zero-order chi connectivity index (χ0) is 16.6. The molecule has 1 saturated heterocycles. The van der Waals surface area contributed by atoms with Crippen molar-refractivity contribution in [1.29, 1.82) is 0 Å². The first-order valence-corrected chi connectivity index (χ1v) is 8.07. The molecule has 3 rings (SSSR count). The van der Waals surface area contributed by atoms with Crippen LogP contribution < -0.4 is 5.73 Å². The Bertz CT molecular complexity index is 746. The first-order valence-electron chi connectivity index (χ1n) is 8.07. The highest BCUT2D eigenvalue weighted by Crippen LogP contribution is 2.23. The van der Waals surface area contributed by atoms with Gasteiger partial charge in [0.25, 0.3) is 5.91 Å². The van der Waals surface area contributed by atoms with Crippen LogP contribution in [0.15, 0.2) is 24.3 Å². The van der Waals surface area contributed by atoms with Gasteiger partial charge in [-0.3, -0.25) is 9.78 Å². The van der Waals surface area contributed by atoms with Crippen molar-refractivity contribution in [3.63, 3.8) is 0 Å². The van der Waals surface area contributed by atoms with Crippen LogP contribution in [0.3, 0.4) is 0 Å². The van der Waals surface area contributed by atoms with Gasteiger partial charge >= 0.3 is 0 Å². The highest BCUT2D eigenvalue weighted by atomic mass is 35.5. The third kappa shape index (κ3) is 4.60. The highest BCUT2D eigenvalue weighted by molar-refractivity contribution is 5.98. The molecule has 1 aromatic carbocycles. The molecular formula is C18H24Cl2FN3O. The van der Waals surface area contributed by atoms with Crippen LogP contribution >= 0.6 is 24.8 Å². The molecule has 1 unspecified atom stereocenters. The lowest BCUT2D eigenvalue weighted by Crippen LogP contribution is -2.42. The van der Waals surface area contributed by atoms with Crippen molar-refractivity contribution in [2.45, 2.75) is 32.7 Å². The Hall–Kier alpha value is -1.43. The Morgan fingerprint density at radius 1 is 1.28 bits per heavy atom. The number of benzene rings is 1. The lowest BCUT2D eigenvalue weighted by molar-refractivity contribution is 0.0680. The molecule has 1 fully saturated rings. The number of hydrogen-bond donors (Lipinski definition) is 1. The SMILES string of the molecule is Cc1nc2cc(F)ccc2cc1C(=O)N1CCC(C(C)N)CC1.Cl.Cl. The van der Waals surface area contributed by atoms with Crippen LogP contribution in [0.25, 0.3) is 10.9 Å². The van der Waals surface area contributed by atoms with E-state index in [1.165, 1.54) is 12.1 Å². The molecule has 0 aliphatic carbocycles. The molecule has 0 radical (unpaired) electrons. The van der Waals surface area contributed by atoms with Gasteiger partial charge < -0.3 is 10.6 Å². The molecule has 0 saturated carbocycles. The van der Waals surface area contributed by atoms with Crippen LogP contribution in [-0.2, 0) is 0 Å². The van der Waals surface area contributed by atoms with Gasteiger partial charge in [0.15, 0.2) is 0 Å². The van der Waals surface area contributed by atoms with E-state index < -0.39 is 0 Å². The summed E-state index contributed by atoms with van der Waals surface area (Å²) in [6.07, 6.45) is 1.88. The number of piperidine rings is 1. The lowest BCUT2D eigenvalue weighted by Gasteiger charge is -2.34. The molecule has 138 valence electrons. The number of pyridine rings is 1. The number of nitrogens with zero attached hydrogens (tertiary/aromatic N) is 2. The average Bonchev–Trinajstić information content (AvgIpc) is 2.53. The van der Waals surface area contributed by atoms with Gasteiger partial charge in [-0.05, 0) is 50.8 Å². The molecule has 0 bridgehead atoms. The monoisotopic (exact) mass is 387 g/mol. The Labute approximate surface area is 159 Å². The number of carbonyl (C=O) groups excluding carboxylic acids is 1. The summed E-state index contributed by atoms with van der Waals surface area (Å²) < 4.78 is 13.3. The molecule has 1 atom stereocenters. The van der Waals surface area contributed by atoms with E-state index in [0.717, 1.165) is 31.3 Å². The average molecular weight is 388 g/mol. The van der Waals surface area contributed by atoms with E-state index in [2.05, 4.69) is 4.98 Å². The van der Waals surface area contributed by atoms with Gasteiger partial charge in [0.2, 0.25) is 0 Å². The fourth-order valence-corrected chi connectivity index (χ4v) is 3.25. The van der Waals surface area contributed by atoms with Crippen molar-refractivity contribution in [3.8, 4) is 0 Å². The van der Waals surface area contributed by atoms with Gasteiger partial charge in [-0.15, -0.1) is 24.8 Å². The summed E-state index contributed by atoms with van der Waals surface area (Å²) in [5.41, 5.74) is 7.77. The normalized spacial score (nSPS) is 16.1. The minimum absolute atomic E-state index is 0. The maximum Gasteiger partial charge on any atom is 0.255 e. The third-order valence-corrected chi connectivity index (χ3v) is 4.77. The van der Waals surface area contributed by atoms with Gasteiger partial charge in [-0.25, -0.2) is 4.39 Å². The van der Waals surface area contributed by atoms with Crippen molar-refractivity contribution in [3.05, 3.63) is 41.3 Å². The molecule has 2 heterocycles. The molecule has 1 amide bonds. The van der Waals surface area contributed by atoms with E-state index >= 15 is 0 Å². The topological polar surface area (TPSA) is 59.2 Å². The van der Waals surface area contributed by atoms with Gasteiger partial charge in [0.1, 0.15) is 5.82 Å². The van der Waals surface area contributed by atoms with Crippen LogP contribution in [0, 0.1) is 18.7 Å². The lowest BCUT2D eigenvalue weighted by atomic mass is 9.90. The minimum Gasteiger partial charge on any atom is -0.339 e. The molecule has 1 aliphatic rings. The van der Waals surface area contributed by atoms with Gasteiger partial charge in [0.05, 0.1) is 16.8 Å². The number of halogens is 3. The predicted octanol–water partition coefficient (Wildman–Crippen LogP) is 3.73. The molecule has 25 heavy (non-hydrogen) atoms. The summed E-state index contributed by atoms with van der Waals surface area (Å²) in [4.78, 5) is 19.0. The van der Waals surface area contributed by atoms with E-state index in [-0.39, 0.29) is 42.6 Å². The van der Waals surface area contributed by atoms with Gasteiger partial charge in [-0.1, -0.05) is 0 Å². The molecular weight excluding hydrogens is 364 g/mol. The Kier molecular flexibility index (Phi) is 7.60. The van der Waals surface area contributed by atoms with Crippen molar-refractivity contribution in [2.75, 3.05) is 13.1 Å². The maximum absolute atomic E-state index is 13.3. The number of nitrogens with two attached hydrogens (primary N) is 1. The highest BCUT2D eigenvalue weighted by Gasteiger charge is 2.26. The second kappa shape index (κ2) is 8.79. The predicted molar refractivity (Wildman–Crippen MR) is 103 cm³/mol. The van der Waals surface area contributed by atoms with E-state index in [9.17, 15) is 9.18 Å². The van der Waals surface area contributed by atoms with Gasteiger partial charge in [-0.2, -0.15) is 0 Å². The van der Waals surface area contributed by atoms with Crippen LogP contribution in [0.5, 0.6) is 0 Å². The zero-order valence-electron chi connectivity index (χ0n) is 14.4. The largest absolute Gasteiger partial charge is 0.339 e. The zero-order valence-corrected chi connectivity index (χ0v) is 16.0. The smallest absolute Gasteiger partial charge is 0.255 e. The molecule has 1 aromatic heterocycles. The fraction of sp³-hybridized carbons (Fsp3) is 0.444. The first kappa shape index (κ1) is 21.6. The van der Waals surface area contributed by atoms with Crippen LogP contribution in [-0.4, -0.2) is 34.9 Å². The molecule has 2 N–H and O–H groups in total. The molecule has 0 spiro atoms. The van der Waals surface area contributed by atoms with E-state index in [1.54, 1.807) is 13.0 Å². The van der Waals surface area contributed by atoms with E-state index in [0.29, 0.717) is 22.7 Å². The van der Waals surface area contributed by atoms with Crippen LogP contribution in [0.2, 0.25) is 0 Å². The van der Waals surface area contributed by atoms with E-state index in [1.807, 2.05) is 17.9 Å². The molecule has 2 aromatic rings. The summed E-state index contributed by atoms with van der Waals surface area (Å²) in [5.74, 6) is 0.170. The van der Waals surface area contributed by atoms with Crippen LogP contribution in [0.4, 0.5) is 4.39 Å². The summed E-state index contributed by atoms with van der Waals surface area (Å²) in [6, 6.07) is 6.44. The third-order valence-electron chi connectivity index (χ3n) is 4.77. The maximum atomic E-state index is 13.3. The minimum atomic E-state index is -0.318. The molecule has 4 nitrogen and oxygen atoms in total. The molecule has 7 heteroatoms. The number of carbonyl (C=O) groups is 1. The summed E-state index contributed by atoms with van der Waals surface area (Å²) in [7, 11) is 0. The van der Waals surface area contributed by atoms with Crippen molar-refractivity contribution in [1.82, 2.24) is 9.88 Å². The number of aryl methyl sites for hydroxylation is 1. The Balaban J connectivity index is 0.00000156. The number of aromatic nitrogens is 1. The number of hydrogen-bond acceptors (Lipinski definition) is 3. The Morgan fingerprint density at radius 2 is 1.92 bits per heavy atom. The number of rotatable bonds is 2. The van der Waals surface area contributed by atoms with Gasteiger partial charge in [0, 0.05) is 30.6 Å². The summed E-state index contributed by atoms with van der Waals surface area (Å²) >= 11 is 0. The summed E-state index contributed by atoms with van der Waals surface area (Å²) in [5, 5.41) is 0.783. The van der Waals surface area contributed by atoms with Crippen LogP contribution in [0.1, 0.15) is 35.8 Å². The number of likely N-dealkylation sites (tertiary alicyclic amines) is 1. The van der Waals surface area contributed by atoms with Crippen molar-refractivity contribution >= 4 is 41.6 Å². The quantitative estimate of drug-likeness (QED) is 0.853. The second-order valence-corrected chi connectivity index (χ2v) is 6.45. The van der Waals surface area contributed by atoms with Crippen molar-refractivity contribution < 1.29 is 9.18 Å². The standard InChI is InChI=1S/C18H22FN3O.2ClH/c1-11(20)13-5-7-22(8-6-13)18(23)16-9-14-3-4-15(19)10-17(14)21-12(16)2;;/h3-4,9-11,13H,5-8,20H2,1-2H3;2*1H. The Morgan fingerprint density at radius 3 is 2.52 bits per heavy atom. The summed E-state index contributed by atoms with van der Waals surface area (Å²) in [6.45, 7) is 5.28.